The minimum atomic E-state index is -0.981. The smallest absolute Gasteiger partial charge is 0.327 e. The Kier molecular flexibility index (Phi) is 47.5. The van der Waals surface area contributed by atoms with Gasteiger partial charge in [-0.3, -0.25) is 0 Å². The third kappa shape index (κ3) is 94.8. The van der Waals surface area contributed by atoms with Crippen molar-refractivity contribution in [1.29, 1.82) is 0 Å². The van der Waals surface area contributed by atoms with E-state index in [4.69, 9.17) is 44.8 Å². The van der Waals surface area contributed by atoms with Crippen LogP contribution in [0.25, 0.3) is 0 Å². The molecule has 0 bridgehead atoms. The van der Waals surface area contributed by atoms with Crippen LogP contribution in [0.3, 0.4) is 0 Å². The van der Waals surface area contributed by atoms with Gasteiger partial charge in [-0.1, -0.05) is 26.3 Å². The molecule has 0 rings (SSSR count). The zero-order valence-electron chi connectivity index (χ0n) is 18.3. The van der Waals surface area contributed by atoms with Gasteiger partial charge in [0.05, 0.1) is 52.9 Å². The lowest BCUT2D eigenvalue weighted by Crippen LogP contribution is -2.11. The molecule has 13 heteroatoms. The first-order valence-corrected chi connectivity index (χ1v) is 8.86. The van der Waals surface area contributed by atoms with E-state index in [0.29, 0.717) is 39.6 Å². The van der Waals surface area contributed by atoms with Crippen molar-refractivity contribution in [3.63, 3.8) is 0 Å². The van der Waals surface area contributed by atoms with Crippen molar-refractivity contribution < 1.29 is 64.0 Å². The maximum atomic E-state index is 9.25. The Labute approximate surface area is 192 Å². The van der Waals surface area contributed by atoms with Gasteiger partial charge in [-0.15, -0.1) is 0 Å². The van der Waals surface area contributed by atoms with Crippen LogP contribution in [0.1, 0.15) is 0 Å². The Morgan fingerprint density at radius 2 is 0.636 bits per heavy atom. The first-order chi connectivity index (χ1) is 15.5. The maximum absolute atomic E-state index is 9.25. The molecule has 0 aliphatic rings. The maximum Gasteiger partial charge on any atom is 0.327 e. The monoisotopic (exact) mass is 482 g/mol. The number of carboxylic acids is 4. The summed E-state index contributed by atoms with van der Waals surface area (Å²) in [7, 11) is 0. The third-order valence-corrected chi connectivity index (χ3v) is 1.91. The van der Waals surface area contributed by atoms with E-state index in [1.54, 1.807) is 0 Å². The van der Waals surface area contributed by atoms with Gasteiger partial charge in [0.15, 0.2) is 0 Å². The molecule has 0 aromatic rings. The largest absolute Gasteiger partial charge is 0.478 e. The highest BCUT2D eigenvalue weighted by atomic mass is 16.5. The molecule has 0 saturated heterocycles. The average Bonchev–Trinajstić information content (AvgIpc) is 2.79. The number of carboxylic acid groups (broad SMARTS) is 4. The topological polar surface area (TPSA) is 217 Å². The van der Waals surface area contributed by atoms with E-state index in [1.807, 2.05) is 0 Å². The van der Waals surface area contributed by atoms with Gasteiger partial charge in [0.25, 0.3) is 0 Å². The van der Waals surface area contributed by atoms with E-state index in [2.05, 4.69) is 26.3 Å². The zero-order chi connectivity index (χ0) is 26.9. The zero-order valence-corrected chi connectivity index (χ0v) is 18.3. The molecule has 0 spiro atoms. The molecule has 192 valence electrons. The summed E-state index contributed by atoms with van der Waals surface area (Å²) in [5.41, 5.74) is 0. The van der Waals surface area contributed by atoms with Crippen LogP contribution >= 0.6 is 0 Å². The summed E-state index contributed by atoms with van der Waals surface area (Å²) in [5.74, 6) is -3.93. The van der Waals surface area contributed by atoms with Gasteiger partial charge < -0.3 is 44.8 Å². The van der Waals surface area contributed by atoms with Crippen molar-refractivity contribution in [3.05, 3.63) is 50.6 Å². The van der Waals surface area contributed by atoms with Crippen molar-refractivity contribution in [2.45, 2.75) is 0 Å². The summed E-state index contributed by atoms with van der Waals surface area (Å²) in [6.45, 7) is 14.6. The molecule has 6 N–H and O–H groups in total. The number of hydrogen-bond donors (Lipinski definition) is 6. The molecule has 0 fully saturated rings. The van der Waals surface area contributed by atoms with Crippen LogP contribution in [0, 0.1) is 0 Å². The minimum Gasteiger partial charge on any atom is -0.478 e. The molecule has 33 heavy (non-hydrogen) atoms. The Balaban J connectivity index is -0.000000109. The molecule has 0 amide bonds. The predicted octanol–water partition coefficient (Wildman–Crippen LogP) is 0.0488. The minimum absolute atomic E-state index is 0.0413. The fourth-order valence-corrected chi connectivity index (χ4v) is 0.671. The molecule has 0 atom stereocenters. The second kappa shape index (κ2) is 39.2. The number of ether oxygens (including phenoxy) is 3. The fraction of sp³-hybridized carbons (Fsp3) is 0.400. The summed E-state index contributed by atoms with van der Waals surface area (Å²) in [5, 5.41) is 47.1. The van der Waals surface area contributed by atoms with Crippen molar-refractivity contribution in [1.82, 2.24) is 0 Å². The van der Waals surface area contributed by atoms with Crippen LogP contribution in [-0.4, -0.2) is 107 Å². The number of rotatable bonds is 14. The summed E-state index contributed by atoms with van der Waals surface area (Å²) >= 11 is 0. The van der Waals surface area contributed by atoms with Gasteiger partial charge >= 0.3 is 23.9 Å². The average molecular weight is 482 g/mol. The first-order valence-electron chi connectivity index (χ1n) is 8.86. The summed E-state index contributed by atoms with van der Waals surface area (Å²) in [6, 6.07) is 0. The lowest BCUT2D eigenvalue weighted by Gasteiger charge is -2.04. The molecular formula is C20H34O13. The molecule has 0 aliphatic heterocycles. The van der Waals surface area contributed by atoms with E-state index in [-0.39, 0.29) is 13.2 Å². The Bertz CT molecular complexity index is 448. The summed E-state index contributed by atoms with van der Waals surface area (Å²) in [4.78, 5) is 37.0. The second-order valence-corrected chi connectivity index (χ2v) is 4.45. The molecule has 13 nitrogen and oxygen atoms in total. The SMILES string of the molecule is C=CC(=O)O.C=CC(=O)O.C=CC(=O)O.C=CC(=O)O.OCCOCCOCCOCCO. The van der Waals surface area contributed by atoms with E-state index < -0.39 is 23.9 Å². The highest BCUT2D eigenvalue weighted by Crippen LogP contribution is 1.80. The third-order valence-electron chi connectivity index (χ3n) is 1.91. The summed E-state index contributed by atoms with van der Waals surface area (Å²) < 4.78 is 15.0. The van der Waals surface area contributed by atoms with E-state index in [0.717, 1.165) is 24.3 Å². The van der Waals surface area contributed by atoms with Crippen LogP contribution in [0.15, 0.2) is 50.6 Å². The van der Waals surface area contributed by atoms with Crippen LogP contribution in [-0.2, 0) is 33.4 Å². The van der Waals surface area contributed by atoms with Gasteiger partial charge in [0.1, 0.15) is 0 Å². The Morgan fingerprint density at radius 3 is 0.758 bits per heavy atom. The van der Waals surface area contributed by atoms with E-state index >= 15 is 0 Å². The quantitative estimate of drug-likeness (QED) is 0.143. The van der Waals surface area contributed by atoms with E-state index in [1.165, 1.54) is 0 Å². The molecular weight excluding hydrogens is 448 g/mol. The Morgan fingerprint density at radius 1 is 0.485 bits per heavy atom. The van der Waals surface area contributed by atoms with Crippen molar-refractivity contribution in [3.8, 4) is 0 Å². The number of aliphatic hydroxyl groups is 2. The Hall–Kier alpha value is -3.36. The molecule has 0 unspecified atom stereocenters. The number of aliphatic carboxylic acids is 4. The highest BCUT2D eigenvalue weighted by molar-refractivity contribution is 5.79. The molecule has 0 heterocycles. The number of hydrogen-bond acceptors (Lipinski definition) is 9. The second-order valence-electron chi connectivity index (χ2n) is 4.45. The highest BCUT2D eigenvalue weighted by Gasteiger charge is 1.90. The van der Waals surface area contributed by atoms with Gasteiger partial charge in [0, 0.05) is 24.3 Å². The van der Waals surface area contributed by atoms with Gasteiger partial charge in [0.2, 0.25) is 0 Å². The van der Waals surface area contributed by atoms with Gasteiger partial charge in [-0.05, 0) is 0 Å². The normalized spacial score (nSPS) is 8.06. The van der Waals surface area contributed by atoms with E-state index in [9.17, 15) is 19.2 Å². The van der Waals surface area contributed by atoms with Crippen LogP contribution in [0.4, 0.5) is 0 Å². The lowest BCUT2D eigenvalue weighted by molar-refractivity contribution is -0.132. The van der Waals surface area contributed by atoms with Crippen molar-refractivity contribution >= 4 is 23.9 Å². The first kappa shape index (κ1) is 40.0. The number of carbonyl (C=O) groups is 4. The van der Waals surface area contributed by atoms with Gasteiger partial charge in [-0.2, -0.15) is 0 Å². The van der Waals surface area contributed by atoms with Crippen molar-refractivity contribution in [2.24, 2.45) is 0 Å². The van der Waals surface area contributed by atoms with Crippen LogP contribution in [0.2, 0.25) is 0 Å². The molecule has 0 aromatic carbocycles. The molecule has 0 saturated carbocycles. The number of aliphatic hydroxyl groups excluding tert-OH is 2. The fourth-order valence-electron chi connectivity index (χ4n) is 0.671. The van der Waals surface area contributed by atoms with Gasteiger partial charge in [-0.25, -0.2) is 19.2 Å². The predicted molar refractivity (Wildman–Crippen MR) is 118 cm³/mol. The standard InChI is InChI=1S/C8H18O5.4C3H4O2/c9-1-3-11-5-7-13-8-6-12-4-2-10;4*1-2-3(4)5/h9-10H,1-8H2;4*2H,1H2,(H,4,5). The van der Waals surface area contributed by atoms with Crippen molar-refractivity contribution in [2.75, 3.05) is 52.9 Å². The summed E-state index contributed by atoms with van der Waals surface area (Å²) in [6.07, 6.45) is 3.33. The molecule has 0 radical (unpaired) electrons. The van der Waals surface area contributed by atoms with Crippen LogP contribution in [0.5, 0.6) is 0 Å². The molecule has 0 aliphatic carbocycles. The molecule has 0 aromatic heterocycles. The van der Waals surface area contributed by atoms with Crippen LogP contribution < -0.4 is 0 Å². The lowest BCUT2D eigenvalue weighted by atomic mass is 10.7.